The van der Waals surface area contributed by atoms with Gasteiger partial charge in [-0.25, -0.2) is 0 Å². The maximum atomic E-state index is 8.44. The van der Waals surface area contributed by atoms with Crippen molar-refractivity contribution in [1.82, 2.24) is 4.90 Å². The highest BCUT2D eigenvalue weighted by molar-refractivity contribution is 5.85. The van der Waals surface area contributed by atoms with Gasteiger partial charge in [0.05, 0.1) is 6.04 Å². The summed E-state index contributed by atoms with van der Waals surface area (Å²) in [6.07, 6.45) is 2.17. The number of hydrogen-bond acceptors (Lipinski definition) is 3. The first-order valence-electron chi connectivity index (χ1n) is 4.01. The van der Waals surface area contributed by atoms with Crippen LogP contribution in [0.25, 0.3) is 0 Å². The lowest BCUT2D eigenvalue weighted by Gasteiger charge is -2.20. The van der Waals surface area contributed by atoms with Crippen molar-refractivity contribution in [1.29, 1.82) is 0 Å². The van der Waals surface area contributed by atoms with Gasteiger partial charge in [-0.3, -0.25) is 4.90 Å². The molecule has 0 radical (unpaired) electrons. The summed E-state index contributed by atoms with van der Waals surface area (Å²) in [6.45, 7) is 4.13. The monoisotopic (exact) mass is 157 g/mol. The second-order valence-corrected chi connectivity index (χ2v) is 2.81. The van der Waals surface area contributed by atoms with Crippen molar-refractivity contribution in [3.63, 3.8) is 0 Å². The van der Waals surface area contributed by atoms with Crippen molar-refractivity contribution in [3.8, 4) is 0 Å². The van der Waals surface area contributed by atoms with E-state index in [2.05, 4.69) is 17.0 Å². The molecule has 0 aromatic carbocycles. The van der Waals surface area contributed by atoms with Gasteiger partial charge in [-0.1, -0.05) is 12.1 Å². The van der Waals surface area contributed by atoms with Crippen LogP contribution >= 0.6 is 0 Å². The van der Waals surface area contributed by atoms with Crippen LogP contribution in [0.1, 0.15) is 19.8 Å². The van der Waals surface area contributed by atoms with Gasteiger partial charge < -0.3 is 10.9 Å². The maximum Gasteiger partial charge on any atom is 0.156 e. The third-order valence-electron chi connectivity index (χ3n) is 2.23. The van der Waals surface area contributed by atoms with Crippen LogP contribution < -0.4 is 5.73 Å². The number of amidine groups is 1. The normalized spacial score (nSPS) is 27.7. The van der Waals surface area contributed by atoms with Gasteiger partial charge in [0, 0.05) is 0 Å². The minimum Gasteiger partial charge on any atom is -0.409 e. The largest absolute Gasteiger partial charge is 0.409 e. The molecule has 0 aliphatic carbocycles. The van der Waals surface area contributed by atoms with Gasteiger partial charge in [-0.2, -0.15) is 0 Å². The van der Waals surface area contributed by atoms with Gasteiger partial charge in [0.15, 0.2) is 5.84 Å². The number of nitrogens with zero attached hydrogens (tertiary/aromatic N) is 2. The minimum absolute atomic E-state index is 0.171. The molecule has 0 aromatic heterocycles. The molecule has 4 nitrogen and oxygen atoms in total. The molecule has 1 fully saturated rings. The summed E-state index contributed by atoms with van der Waals surface area (Å²) < 4.78 is 0. The number of likely N-dealkylation sites (tertiary alicyclic amines) is 1. The first-order valence-corrected chi connectivity index (χ1v) is 4.01. The van der Waals surface area contributed by atoms with Crippen molar-refractivity contribution in [2.75, 3.05) is 13.1 Å². The number of hydrogen-bond donors (Lipinski definition) is 2. The average molecular weight is 157 g/mol. The highest BCUT2D eigenvalue weighted by atomic mass is 16.4. The topological polar surface area (TPSA) is 61.8 Å². The summed E-state index contributed by atoms with van der Waals surface area (Å²) >= 11 is 0. The third-order valence-corrected chi connectivity index (χ3v) is 2.23. The SMILES string of the molecule is CCN1CCCC1C(N)=NO. The van der Waals surface area contributed by atoms with E-state index in [9.17, 15) is 0 Å². The molecule has 0 spiro atoms. The van der Waals surface area contributed by atoms with Gasteiger partial charge in [-0.15, -0.1) is 0 Å². The number of oxime groups is 1. The number of likely N-dealkylation sites (N-methyl/N-ethyl adjacent to an activating group) is 1. The molecule has 0 bridgehead atoms. The molecule has 1 atom stereocenters. The highest BCUT2D eigenvalue weighted by Gasteiger charge is 2.26. The summed E-state index contributed by atoms with van der Waals surface area (Å²) in [6, 6.07) is 0.171. The molecule has 0 amide bonds. The molecule has 64 valence electrons. The van der Waals surface area contributed by atoms with Crippen LogP contribution in [0.4, 0.5) is 0 Å². The Hall–Kier alpha value is -0.770. The Kier molecular flexibility index (Phi) is 2.70. The van der Waals surface area contributed by atoms with Crippen LogP contribution in [0, 0.1) is 0 Å². The molecule has 1 rings (SSSR count). The Labute approximate surface area is 66.7 Å². The van der Waals surface area contributed by atoms with Gasteiger partial charge >= 0.3 is 0 Å². The lowest BCUT2D eigenvalue weighted by Crippen LogP contribution is -2.40. The van der Waals surface area contributed by atoms with Crippen LogP contribution in [0.3, 0.4) is 0 Å². The molecule has 4 heteroatoms. The molecule has 1 aliphatic rings. The second-order valence-electron chi connectivity index (χ2n) is 2.81. The van der Waals surface area contributed by atoms with Gasteiger partial charge in [0.1, 0.15) is 0 Å². The lowest BCUT2D eigenvalue weighted by molar-refractivity contribution is 0.289. The van der Waals surface area contributed by atoms with E-state index in [1.54, 1.807) is 0 Å². The quantitative estimate of drug-likeness (QED) is 0.261. The Morgan fingerprint density at radius 3 is 3.09 bits per heavy atom. The molecule has 0 saturated carbocycles. The van der Waals surface area contributed by atoms with E-state index in [4.69, 9.17) is 10.9 Å². The van der Waals surface area contributed by atoms with Gasteiger partial charge in [-0.05, 0) is 25.9 Å². The summed E-state index contributed by atoms with van der Waals surface area (Å²) in [5.74, 6) is 0.351. The average Bonchev–Trinajstić information content (AvgIpc) is 2.50. The fourth-order valence-electron chi connectivity index (χ4n) is 1.61. The van der Waals surface area contributed by atoms with E-state index < -0.39 is 0 Å². The van der Waals surface area contributed by atoms with Crippen LogP contribution in [0.15, 0.2) is 5.16 Å². The summed E-state index contributed by atoms with van der Waals surface area (Å²) in [5.41, 5.74) is 5.50. The molecule has 1 aliphatic heterocycles. The van der Waals surface area contributed by atoms with Crippen molar-refractivity contribution in [2.24, 2.45) is 10.9 Å². The van der Waals surface area contributed by atoms with E-state index in [-0.39, 0.29) is 6.04 Å². The summed E-state index contributed by atoms with van der Waals surface area (Å²) in [7, 11) is 0. The molecular weight excluding hydrogens is 142 g/mol. The highest BCUT2D eigenvalue weighted by Crippen LogP contribution is 2.16. The number of rotatable bonds is 2. The zero-order chi connectivity index (χ0) is 8.27. The van der Waals surface area contributed by atoms with Crippen LogP contribution in [-0.2, 0) is 0 Å². The van der Waals surface area contributed by atoms with E-state index >= 15 is 0 Å². The van der Waals surface area contributed by atoms with E-state index in [0.29, 0.717) is 5.84 Å². The molecule has 1 heterocycles. The smallest absolute Gasteiger partial charge is 0.156 e. The predicted molar refractivity (Wildman–Crippen MR) is 43.7 cm³/mol. The van der Waals surface area contributed by atoms with Crippen LogP contribution in [0.5, 0.6) is 0 Å². The maximum absolute atomic E-state index is 8.44. The standard InChI is InChI=1S/C7H15N3O/c1-2-10-5-3-4-6(10)7(8)9-11/h6,11H,2-5H2,1H3,(H2,8,9). The fraction of sp³-hybridized carbons (Fsp3) is 0.857. The Balaban J connectivity index is 2.56. The third kappa shape index (κ3) is 1.63. The van der Waals surface area contributed by atoms with Gasteiger partial charge in [0.25, 0.3) is 0 Å². The molecule has 1 unspecified atom stereocenters. The Morgan fingerprint density at radius 2 is 2.55 bits per heavy atom. The van der Waals surface area contributed by atoms with E-state index in [0.717, 1.165) is 25.9 Å². The van der Waals surface area contributed by atoms with Crippen molar-refractivity contribution in [2.45, 2.75) is 25.8 Å². The zero-order valence-electron chi connectivity index (χ0n) is 6.82. The molecule has 11 heavy (non-hydrogen) atoms. The fourth-order valence-corrected chi connectivity index (χ4v) is 1.61. The first-order chi connectivity index (χ1) is 5.29. The van der Waals surface area contributed by atoms with Crippen molar-refractivity contribution >= 4 is 5.84 Å². The van der Waals surface area contributed by atoms with Crippen LogP contribution in [-0.4, -0.2) is 35.1 Å². The van der Waals surface area contributed by atoms with Crippen LogP contribution in [0.2, 0.25) is 0 Å². The Morgan fingerprint density at radius 1 is 1.82 bits per heavy atom. The molecular formula is C7H15N3O. The van der Waals surface area contributed by atoms with Gasteiger partial charge in [0.2, 0.25) is 0 Å². The number of nitrogens with two attached hydrogens (primary N) is 1. The zero-order valence-corrected chi connectivity index (χ0v) is 6.82. The molecule has 1 saturated heterocycles. The first kappa shape index (κ1) is 8.33. The Bertz CT molecular complexity index is 158. The lowest BCUT2D eigenvalue weighted by atomic mass is 10.2. The van der Waals surface area contributed by atoms with Crippen molar-refractivity contribution < 1.29 is 5.21 Å². The molecule has 3 N–H and O–H groups in total. The predicted octanol–water partition coefficient (Wildman–Crippen LogP) is 0.217. The van der Waals surface area contributed by atoms with Crippen molar-refractivity contribution in [3.05, 3.63) is 0 Å². The second kappa shape index (κ2) is 3.57. The summed E-state index contributed by atoms with van der Waals surface area (Å²) in [4.78, 5) is 2.22. The minimum atomic E-state index is 0.171. The summed E-state index contributed by atoms with van der Waals surface area (Å²) in [5, 5.41) is 11.5. The van der Waals surface area contributed by atoms with E-state index in [1.165, 1.54) is 0 Å². The van der Waals surface area contributed by atoms with E-state index in [1.807, 2.05) is 0 Å². The molecule has 0 aromatic rings.